The van der Waals surface area contributed by atoms with Gasteiger partial charge in [-0.15, -0.1) is 0 Å². The SMILES string of the molecule is COc1ccc(C(=O)O)cc1OCC(=O)N1CCN(Cc2ccc(Cl)cc2)CC1.O=C(O)Cc1cccc(OCC(=O)N2CCN(Cc3ccc(Cl)cc3)CC2)c1. The normalized spacial score (nSPS) is 14.6. The first-order chi connectivity index (χ1) is 27.4. The predicted molar refractivity (Wildman–Crippen MR) is 215 cm³/mol. The Balaban J connectivity index is 0.000000218. The summed E-state index contributed by atoms with van der Waals surface area (Å²) in [6.45, 7) is 7.14. The Morgan fingerprint density at radius 3 is 1.58 bits per heavy atom. The molecule has 2 aliphatic rings. The number of carbonyl (C=O) groups excluding carboxylic acids is 2. The quantitative estimate of drug-likeness (QED) is 0.167. The summed E-state index contributed by atoms with van der Waals surface area (Å²) in [5.41, 5.74) is 3.11. The van der Waals surface area contributed by atoms with E-state index in [9.17, 15) is 19.2 Å². The molecule has 2 heterocycles. The second-order valence-corrected chi connectivity index (χ2v) is 14.4. The van der Waals surface area contributed by atoms with Crippen LogP contribution in [0.5, 0.6) is 17.2 Å². The van der Waals surface area contributed by atoms with Gasteiger partial charge < -0.3 is 34.2 Å². The first-order valence-electron chi connectivity index (χ1n) is 18.4. The minimum Gasteiger partial charge on any atom is -0.493 e. The molecule has 0 atom stereocenters. The van der Waals surface area contributed by atoms with Crippen LogP contribution in [-0.4, -0.2) is 126 Å². The molecular weight excluding hydrogens is 775 g/mol. The molecule has 0 aliphatic carbocycles. The summed E-state index contributed by atoms with van der Waals surface area (Å²) in [7, 11) is 1.46. The largest absolute Gasteiger partial charge is 0.493 e. The van der Waals surface area contributed by atoms with Gasteiger partial charge in [0.1, 0.15) is 5.75 Å². The number of benzene rings is 4. The van der Waals surface area contributed by atoms with Gasteiger partial charge in [0.2, 0.25) is 0 Å². The molecule has 0 unspecified atom stereocenters. The topological polar surface area (TPSA) is 149 Å². The fraction of sp³-hybridized carbons (Fsp3) is 0.333. The zero-order valence-corrected chi connectivity index (χ0v) is 33.2. The number of aliphatic carboxylic acids is 1. The van der Waals surface area contributed by atoms with E-state index in [1.807, 2.05) is 48.5 Å². The molecule has 0 aromatic heterocycles. The highest BCUT2D eigenvalue weighted by molar-refractivity contribution is 6.30. The van der Waals surface area contributed by atoms with E-state index < -0.39 is 11.9 Å². The van der Waals surface area contributed by atoms with Crippen LogP contribution in [-0.2, 0) is 33.9 Å². The van der Waals surface area contributed by atoms with Crippen LogP contribution in [0.15, 0.2) is 91.0 Å². The number of nitrogens with zero attached hydrogens (tertiary/aromatic N) is 4. The minimum atomic E-state index is -1.07. The molecule has 0 radical (unpaired) electrons. The number of amides is 2. The van der Waals surface area contributed by atoms with E-state index in [4.69, 9.17) is 47.6 Å². The Morgan fingerprint density at radius 1 is 0.596 bits per heavy atom. The molecule has 302 valence electrons. The number of carboxylic acids is 2. The summed E-state index contributed by atoms with van der Waals surface area (Å²) in [6, 6.07) is 26.7. The van der Waals surface area contributed by atoms with Crippen molar-refractivity contribution in [2.45, 2.75) is 19.5 Å². The first kappa shape index (κ1) is 42.8. The van der Waals surface area contributed by atoms with Crippen molar-refractivity contribution in [3.8, 4) is 17.2 Å². The number of hydrogen-bond acceptors (Lipinski definition) is 9. The Labute approximate surface area is 341 Å². The lowest BCUT2D eigenvalue weighted by Gasteiger charge is -2.34. The number of carbonyl (C=O) groups is 4. The molecule has 4 aromatic carbocycles. The third kappa shape index (κ3) is 13.7. The molecular formula is C42H46Cl2N4O9. The van der Waals surface area contributed by atoms with E-state index in [1.165, 1.54) is 36.4 Å². The van der Waals surface area contributed by atoms with Crippen molar-refractivity contribution in [1.82, 2.24) is 19.6 Å². The molecule has 0 spiro atoms. The molecule has 2 N–H and O–H groups in total. The molecule has 13 nitrogen and oxygen atoms in total. The minimum absolute atomic E-state index is 0.0479. The van der Waals surface area contributed by atoms with Crippen molar-refractivity contribution in [2.75, 3.05) is 72.7 Å². The third-order valence-electron chi connectivity index (χ3n) is 9.47. The molecule has 0 saturated carbocycles. The number of rotatable bonds is 14. The lowest BCUT2D eigenvalue weighted by Crippen LogP contribution is -2.49. The Hall–Kier alpha value is -5.34. The first-order valence-corrected chi connectivity index (χ1v) is 19.2. The number of piperazine rings is 2. The van der Waals surface area contributed by atoms with Gasteiger partial charge in [-0.25, -0.2) is 4.79 Å². The molecule has 0 bridgehead atoms. The van der Waals surface area contributed by atoms with Crippen molar-refractivity contribution in [3.63, 3.8) is 0 Å². The fourth-order valence-electron chi connectivity index (χ4n) is 6.32. The van der Waals surface area contributed by atoms with E-state index in [0.717, 1.165) is 49.3 Å². The van der Waals surface area contributed by atoms with Gasteiger partial charge in [0.05, 0.1) is 19.1 Å². The van der Waals surface area contributed by atoms with Gasteiger partial charge in [-0.2, -0.15) is 0 Å². The molecule has 4 aromatic rings. The van der Waals surface area contributed by atoms with Gasteiger partial charge >= 0.3 is 11.9 Å². The van der Waals surface area contributed by atoms with Crippen LogP contribution in [0.4, 0.5) is 0 Å². The van der Waals surface area contributed by atoms with Crippen LogP contribution in [0.1, 0.15) is 27.0 Å². The highest BCUT2D eigenvalue weighted by atomic mass is 35.5. The summed E-state index contributed by atoms with van der Waals surface area (Å²) >= 11 is 11.8. The van der Waals surface area contributed by atoms with Gasteiger partial charge in [0, 0.05) is 75.5 Å². The Kier molecular flexibility index (Phi) is 16.0. The summed E-state index contributed by atoms with van der Waals surface area (Å²) in [6.07, 6.45) is -0.0687. The Morgan fingerprint density at radius 2 is 1.11 bits per heavy atom. The van der Waals surface area contributed by atoms with Gasteiger partial charge in [0.15, 0.2) is 24.7 Å². The molecule has 2 fully saturated rings. The van der Waals surface area contributed by atoms with E-state index in [-0.39, 0.29) is 42.8 Å². The monoisotopic (exact) mass is 820 g/mol. The summed E-state index contributed by atoms with van der Waals surface area (Å²) in [5.74, 6) is -1.04. The van der Waals surface area contributed by atoms with Gasteiger partial charge in [0.25, 0.3) is 11.8 Å². The van der Waals surface area contributed by atoms with Crippen molar-refractivity contribution in [3.05, 3.63) is 123 Å². The number of ether oxygens (including phenoxy) is 3. The number of carboxylic acid groups (broad SMARTS) is 2. The van der Waals surface area contributed by atoms with Crippen LogP contribution in [0.3, 0.4) is 0 Å². The average Bonchev–Trinajstić information content (AvgIpc) is 3.21. The smallest absolute Gasteiger partial charge is 0.335 e. The predicted octanol–water partition coefficient (Wildman–Crippen LogP) is 5.46. The maximum atomic E-state index is 12.5. The van der Waals surface area contributed by atoms with Crippen LogP contribution >= 0.6 is 23.2 Å². The van der Waals surface area contributed by atoms with Crippen molar-refractivity contribution >= 4 is 47.0 Å². The van der Waals surface area contributed by atoms with Crippen molar-refractivity contribution in [2.24, 2.45) is 0 Å². The average molecular weight is 822 g/mol. The van der Waals surface area contributed by atoms with Crippen LogP contribution in [0.25, 0.3) is 0 Å². The molecule has 6 rings (SSSR count). The van der Waals surface area contributed by atoms with E-state index >= 15 is 0 Å². The van der Waals surface area contributed by atoms with Crippen molar-refractivity contribution in [1.29, 1.82) is 0 Å². The summed E-state index contributed by atoms with van der Waals surface area (Å²) < 4.78 is 16.3. The van der Waals surface area contributed by atoms with Gasteiger partial charge in [-0.1, -0.05) is 59.6 Å². The fourth-order valence-corrected chi connectivity index (χ4v) is 6.57. The van der Waals surface area contributed by atoms with E-state index in [1.54, 1.807) is 34.1 Å². The Bertz CT molecular complexity index is 1970. The van der Waals surface area contributed by atoms with Crippen LogP contribution in [0.2, 0.25) is 10.0 Å². The van der Waals surface area contributed by atoms with Crippen molar-refractivity contribution < 1.29 is 43.6 Å². The maximum Gasteiger partial charge on any atom is 0.335 e. The third-order valence-corrected chi connectivity index (χ3v) is 9.97. The standard InChI is InChI=1S/C21H23ClN2O5.C21H23ClN2O4/c1-28-18-7-4-16(21(26)27)12-19(18)29-14-20(25)24-10-8-23(9-11-24)13-15-2-5-17(22)6-3-15;22-18-6-4-16(5-7-18)14-23-8-10-24(11-9-23)20(25)15-28-19-3-1-2-17(12-19)13-21(26)27/h2-7,12H,8-11,13-14H2,1H3,(H,26,27);1-7,12H,8-11,13-15H2,(H,26,27). The molecule has 15 heteroatoms. The van der Waals surface area contributed by atoms with E-state index in [0.29, 0.717) is 43.2 Å². The second kappa shape index (κ2) is 21.3. The highest BCUT2D eigenvalue weighted by Crippen LogP contribution is 2.28. The zero-order chi connectivity index (χ0) is 40.7. The number of methoxy groups -OCH3 is 1. The van der Waals surface area contributed by atoms with Gasteiger partial charge in [-0.05, 0) is 71.3 Å². The molecule has 2 saturated heterocycles. The van der Waals surface area contributed by atoms with E-state index in [2.05, 4.69) is 9.80 Å². The lowest BCUT2D eigenvalue weighted by molar-refractivity contribution is -0.136. The highest BCUT2D eigenvalue weighted by Gasteiger charge is 2.23. The number of aromatic carboxylic acids is 1. The number of halogens is 2. The maximum absolute atomic E-state index is 12.5. The number of hydrogen-bond donors (Lipinski definition) is 2. The molecule has 2 aliphatic heterocycles. The zero-order valence-electron chi connectivity index (χ0n) is 31.6. The summed E-state index contributed by atoms with van der Waals surface area (Å²) in [5, 5.41) is 19.4. The summed E-state index contributed by atoms with van der Waals surface area (Å²) in [4.78, 5) is 55.0. The van der Waals surface area contributed by atoms with Gasteiger partial charge in [-0.3, -0.25) is 24.2 Å². The lowest BCUT2D eigenvalue weighted by atomic mass is 10.1. The van der Waals surface area contributed by atoms with Crippen LogP contribution in [0, 0.1) is 0 Å². The molecule has 2 amide bonds. The molecule has 57 heavy (non-hydrogen) atoms. The van der Waals surface area contributed by atoms with Crippen LogP contribution < -0.4 is 14.2 Å². The second-order valence-electron chi connectivity index (χ2n) is 13.5.